The molecule has 88 heavy (non-hydrogen) atoms. The summed E-state index contributed by atoms with van der Waals surface area (Å²) in [7, 11) is 3.23. The van der Waals surface area contributed by atoms with Gasteiger partial charge in [-0.25, -0.2) is 0 Å². The van der Waals surface area contributed by atoms with Crippen LogP contribution >= 0.6 is 0 Å². The van der Waals surface area contributed by atoms with E-state index in [1.54, 1.807) is 14.2 Å². The summed E-state index contributed by atoms with van der Waals surface area (Å²) in [6.07, 6.45) is 30.2. The van der Waals surface area contributed by atoms with Crippen molar-refractivity contribution >= 4 is 44.5 Å². The molecule has 0 radical (unpaired) electrons. The van der Waals surface area contributed by atoms with E-state index in [9.17, 15) is 9.59 Å². The predicted molar refractivity (Wildman–Crippen MR) is 366 cm³/mol. The van der Waals surface area contributed by atoms with E-state index < -0.39 is 0 Å². The first-order chi connectivity index (χ1) is 43.3. The molecule has 6 aliphatic rings. The van der Waals surface area contributed by atoms with Gasteiger partial charge in [-0.05, 0) is 194 Å². The van der Waals surface area contributed by atoms with Gasteiger partial charge in [-0.3, -0.25) is 24.3 Å². The highest BCUT2D eigenvalue weighted by Crippen LogP contribution is 2.33. The molecule has 0 bridgehead atoms. The third kappa shape index (κ3) is 18.7. The van der Waals surface area contributed by atoms with Crippen LogP contribution in [-0.4, -0.2) is 123 Å². The Balaban J connectivity index is 0.000000143. The summed E-state index contributed by atoms with van der Waals surface area (Å²) < 4.78 is 10.9. The molecule has 6 fully saturated rings. The zero-order valence-electron chi connectivity index (χ0n) is 53.5. The van der Waals surface area contributed by atoms with Gasteiger partial charge in [-0.1, -0.05) is 167 Å². The fourth-order valence-electron chi connectivity index (χ4n) is 15.4. The number of ether oxygens (including phenoxy) is 2. The van der Waals surface area contributed by atoms with Gasteiger partial charge in [-0.2, -0.15) is 0 Å². The minimum Gasteiger partial charge on any atom is -0.493 e. The molecule has 470 valence electrons. The van der Waals surface area contributed by atoms with E-state index >= 15 is 0 Å². The molecule has 3 atom stereocenters. The molecule has 0 aromatic heterocycles. The molecule has 0 unspecified atom stereocenters. The summed E-state index contributed by atoms with van der Waals surface area (Å²) >= 11 is 0. The maximum absolute atomic E-state index is 14.0. The maximum atomic E-state index is 14.0. The number of nitrogens with two attached hydrogens (primary N) is 1. The molecule has 10 nitrogen and oxygen atoms in total. The number of fused-ring (bicyclic) bond motifs is 3. The van der Waals surface area contributed by atoms with Gasteiger partial charge in [0.15, 0.2) is 11.5 Å². The number of hydrogen-bond acceptors (Lipinski definition) is 9. The van der Waals surface area contributed by atoms with Crippen LogP contribution in [0, 0.1) is 17.8 Å². The van der Waals surface area contributed by atoms with Crippen LogP contribution in [0.25, 0.3) is 32.3 Å². The van der Waals surface area contributed by atoms with Crippen LogP contribution in [0.1, 0.15) is 167 Å². The Kier molecular flexibility index (Phi) is 25.2. The van der Waals surface area contributed by atoms with Crippen LogP contribution in [0.2, 0.25) is 0 Å². The molecule has 10 heteroatoms. The Labute approximate surface area is 527 Å². The first kappa shape index (κ1) is 64.8. The van der Waals surface area contributed by atoms with Crippen LogP contribution in [0.4, 0.5) is 0 Å². The fraction of sp³-hybridized carbons (Fsp3) is 0.513. The lowest BCUT2D eigenvalue weighted by atomic mass is 9.89. The first-order valence-electron chi connectivity index (χ1n) is 34.4. The first-order valence-corrected chi connectivity index (χ1v) is 34.4. The van der Waals surface area contributed by atoms with E-state index in [1.807, 2.05) is 60.7 Å². The number of likely N-dealkylation sites (tertiary alicyclic amines) is 3. The number of aldehydes is 1. The highest BCUT2D eigenvalue weighted by molar-refractivity contribution is 5.95. The second-order valence-electron chi connectivity index (χ2n) is 26.6. The molecule has 3 N–H and O–H groups in total. The molecule has 3 aliphatic heterocycles. The topological polar surface area (TPSA) is 104 Å². The number of rotatable bonds is 19. The summed E-state index contributed by atoms with van der Waals surface area (Å²) in [5.41, 5.74) is 9.71. The Hall–Kier alpha value is -6.14. The standard InChI is InChI=1S/C32H40N2O3.C23H32N2.C12H24N2.C11H8O/c1-36-30-17-16-28(20-31(30)37-2)32(35)34(22-25-14-15-26-11-6-7-12-27(26)19-25)23-29-13-8-18-33(29)21-24-9-4-3-5-10-24;1-2-7-19(8-3-1)18-25-14-6-11-23(25)17-24-16-20-12-13-21-9-4-5-10-22(21)15-20;13-9-12-7-4-8-14(12)10-11-5-2-1-3-6-11;12-8-9-5-6-10-3-1-2-4-11(10)7-9/h6-7,11-12,14-17,19-20,24,29H,3-5,8-10,13,18,21-23H2,1-2H3;4-5,9-10,12-13,15,19,23-24H,1-3,6-8,11,14,16-18H2;11-12H,1-10,13H2;1-8H/t29-;23-;12-;/m000./s1. The molecular weight excluding hydrogens is 1080 g/mol. The third-order valence-electron chi connectivity index (χ3n) is 20.4. The van der Waals surface area contributed by atoms with Gasteiger partial charge in [0.05, 0.1) is 14.2 Å². The average molecular weight is 1190 g/mol. The van der Waals surface area contributed by atoms with E-state index in [1.165, 1.54) is 194 Å². The quantitative estimate of drug-likeness (QED) is 0.0766. The molecule has 3 aliphatic carbocycles. The molecule has 7 aromatic rings. The van der Waals surface area contributed by atoms with Gasteiger partial charge >= 0.3 is 0 Å². The number of nitrogens with one attached hydrogen (secondary N) is 1. The maximum Gasteiger partial charge on any atom is 0.254 e. The number of benzene rings is 7. The van der Waals surface area contributed by atoms with Crippen molar-refractivity contribution in [3.05, 3.63) is 168 Å². The average Bonchev–Trinajstić information content (AvgIpc) is 4.17. The smallest absolute Gasteiger partial charge is 0.254 e. The number of nitrogens with zero attached hydrogens (tertiary/aromatic N) is 4. The van der Waals surface area contributed by atoms with Gasteiger partial charge in [-0.15, -0.1) is 0 Å². The van der Waals surface area contributed by atoms with E-state index in [0.29, 0.717) is 35.7 Å². The lowest BCUT2D eigenvalue weighted by Gasteiger charge is -2.34. The number of hydrogen-bond donors (Lipinski definition) is 2. The molecule has 3 saturated carbocycles. The van der Waals surface area contributed by atoms with Crippen LogP contribution < -0.4 is 20.5 Å². The van der Waals surface area contributed by atoms with Crippen molar-refractivity contribution in [3.8, 4) is 11.5 Å². The SMILES string of the molecule is COc1ccc(C(=O)N(Cc2ccc3ccccc3c2)C[C@@H]2CCCN2CC2CCCCC2)cc1OC.NC[C@@H]1CCCN1CC1CCCCC1.O=Cc1ccc2ccccc2c1.c1ccc2cc(CNC[C@@H]3CCCN3CC3CCCCC3)ccc2c1. The van der Waals surface area contributed by atoms with Gasteiger partial charge in [0.2, 0.25) is 0 Å². The summed E-state index contributed by atoms with van der Waals surface area (Å²) in [5, 5.41) is 11.1. The van der Waals surface area contributed by atoms with Gasteiger partial charge in [0.1, 0.15) is 6.29 Å². The van der Waals surface area contributed by atoms with E-state index in [2.05, 4.69) is 110 Å². The Morgan fingerprint density at radius 2 is 0.943 bits per heavy atom. The van der Waals surface area contributed by atoms with Crippen molar-refractivity contribution in [2.45, 2.75) is 166 Å². The molecule has 1 amide bonds. The lowest BCUT2D eigenvalue weighted by Crippen LogP contribution is -2.44. The Bertz CT molecular complexity index is 3240. The largest absolute Gasteiger partial charge is 0.493 e. The third-order valence-corrected chi connectivity index (χ3v) is 20.4. The van der Waals surface area contributed by atoms with E-state index in [-0.39, 0.29) is 5.91 Å². The number of methoxy groups -OCH3 is 2. The highest BCUT2D eigenvalue weighted by atomic mass is 16.5. The lowest BCUT2D eigenvalue weighted by molar-refractivity contribution is 0.0675. The Morgan fingerprint density at radius 3 is 1.47 bits per heavy atom. The molecular formula is C78H104N6O4. The highest BCUT2D eigenvalue weighted by Gasteiger charge is 2.32. The van der Waals surface area contributed by atoms with Crippen LogP contribution in [0.3, 0.4) is 0 Å². The molecule has 7 aromatic carbocycles. The van der Waals surface area contributed by atoms with Crippen molar-refractivity contribution in [2.24, 2.45) is 23.5 Å². The Morgan fingerprint density at radius 1 is 0.489 bits per heavy atom. The predicted octanol–water partition coefficient (Wildman–Crippen LogP) is 16.2. The monoisotopic (exact) mass is 1190 g/mol. The zero-order valence-corrected chi connectivity index (χ0v) is 53.5. The number of carbonyl (C=O) groups is 2. The summed E-state index contributed by atoms with van der Waals surface area (Å²) in [6, 6.07) is 51.5. The number of carbonyl (C=O) groups excluding carboxylic acids is 2. The normalized spacial score (nSPS) is 20.6. The fourth-order valence-corrected chi connectivity index (χ4v) is 15.4. The van der Waals surface area contributed by atoms with Crippen LogP contribution in [0.5, 0.6) is 11.5 Å². The molecule has 3 heterocycles. The summed E-state index contributed by atoms with van der Waals surface area (Å²) in [6.45, 7) is 12.0. The minimum absolute atomic E-state index is 0.0404. The van der Waals surface area contributed by atoms with Crippen LogP contribution in [0.15, 0.2) is 146 Å². The second kappa shape index (κ2) is 34.2. The summed E-state index contributed by atoms with van der Waals surface area (Å²) in [5.74, 6) is 4.02. The van der Waals surface area contributed by atoms with Gasteiger partial charge in [0, 0.05) is 81.6 Å². The molecule has 13 rings (SSSR count). The number of amides is 1. The second-order valence-corrected chi connectivity index (χ2v) is 26.6. The minimum atomic E-state index is 0.0404. The van der Waals surface area contributed by atoms with Crippen molar-refractivity contribution in [3.63, 3.8) is 0 Å². The van der Waals surface area contributed by atoms with Crippen molar-refractivity contribution < 1.29 is 19.1 Å². The van der Waals surface area contributed by atoms with Crippen molar-refractivity contribution in [2.75, 3.05) is 73.1 Å². The van der Waals surface area contributed by atoms with Crippen molar-refractivity contribution in [1.82, 2.24) is 24.9 Å². The zero-order chi connectivity index (χ0) is 60.7. The van der Waals surface area contributed by atoms with E-state index in [0.717, 1.165) is 85.7 Å². The molecule has 3 saturated heterocycles. The summed E-state index contributed by atoms with van der Waals surface area (Å²) in [4.78, 5) is 34.6. The molecule has 0 spiro atoms. The van der Waals surface area contributed by atoms with E-state index in [4.69, 9.17) is 15.2 Å². The van der Waals surface area contributed by atoms with Crippen LogP contribution in [-0.2, 0) is 13.1 Å². The van der Waals surface area contributed by atoms with Crippen molar-refractivity contribution in [1.29, 1.82) is 0 Å². The van der Waals surface area contributed by atoms with Gasteiger partial charge < -0.3 is 25.4 Å². The van der Waals surface area contributed by atoms with Gasteiger partial charge in [0.25, 0.3) is 5.91 Å².